The molecule has 1 saturated heterocycles. The Morgan fingerprint density at radius 3 is 2.28 bits per heavy atom. The molecule has 5 aromatic rings. The second-order valence-electron chi connectivity index (χ2n) is 8.16. The molecule has 2 aromatic heterocycles. The number of nitrogens with one attached hydrogen (secondary N) is 1. The van der Waals surface area contributed by atoms with Crippen molar-refractivity contribution in [1.82, 2.24) is 15.1 Å². The number of rotatable bonds is 4. The highest BCUT2D eigenvalue weighted by atomic mass is 32.1. The van der Waals surface area contributed by atoms with Crippen LogP contribution in [0.25, 0.3) is 34.0 Å². The third-order valence-corrected chi connectivity index (χ3v) is 6.14. The summed E-state index contributed by atoms with van der Waals surface area (Å²) in [5.41, 5.74) is 2.98. The van der Waals surface area contributed by atoms with Crippen LogP contribution in [-0.2, 0) is 4.79 Å². The van der Waals surface area contributed by atoms with E-state index in [-0.39, 0.29) is 16.7 Å². The lowest BCUT2D eigenvalue weighted by Crippen LogP contribution is -2.30. The molecule has 0 spiro atoms. The van der Waals surface area contributed by atoms with Gasteiger partial charge in [-0.05, 0) is 54.7 Å². The van der Waals surface area contributed by atoms with Gasteiger partial charge in [-0.2, -0.15) is 5.10 Å². The molecule has 36 heavy (non-hydrogen) atoms. The first-order valence-corrected chi connectivity index (χ1v) is 11.6. The minimum absolute atomic E-state index is 0.277. The van der Waals surface area contributed by atoms with Crippen LogP contribution >= 0.6 is 12.2 Å². The van der Waals surface area contributed by atoms with E-state index in [1.54, 1.807) is 29.1 Å². The van der Waals surface area contributed by atoms with Crippen LogP contribution in [0.1, 0.15) is 5.56 Å². The highest BCUT2D eigenvalue weighted by Gasteiger charge is 2.32. The van der Waals surface area contributed by atoms with Crippen LogP contribution in [0.5, 0.6) is 0 Å². The zero-order valence-electron chi connectivity index (χ0n) is 18.8. The number of anilines is 1. The van der Waals surface area contributed by atoms with Crippen LogP contribution in [0.15, 0.2) is 112 Å². The fourth-order valence-corrected chi connectivity index (χ4v) is 4.44. The molecular formula is C28H18N4O3S. The summed E-state index contributed by atoms with van der Waals surface area (Å²) < 4.78 is 7.23. The van der Waals surface area contributed by atoms with Gasteiger partial charge in [-0.15, -0.1) is 0 Å². The molecule has 6 rings (SSSR count). The zero-order valence-corrected chi connectivity index (χ0v) is 19.6. The van der Waals surface area contributed by atoms with Crippen LogP contribution in [0.2, 0.25) is 0 Å². The average Bonchev–Trinajstić information content (AvgIpc) is 3.44. The van der Waals surface area contributed by atoms with Crippen LogP contribution in [0.4, 0.5) is 5.69 Å². The third-order valence-electron chi connectivity index (χ3n) is 5.85. The summed E-state index contributed by atoms with van der Waals surface area (Å²) in [6.45, 7) is 0. The molecule has 174 valence electrons. The molecule has 0 bridgehead atoms. The highest BCUT2D eigenvalue weighted by Crippen LogP contribution is 2.28. The van der Waals surface area contributed by atoms with Gasteiger partial charge in [0.25, 0.3) is 5.91 Å². The lowest BCUT2D eigenvalue weighted by molar-refractivity contribution is -0.113. The van der Waals surface area contributed by atoms with E-state index in [1.807, 2.05) is 78.9 Å². The largest absolute Gasteiger partial charge is 0.422 e. The number of amides is 1. The Morgan fingerprint density at radius 1 is 0.861 bits per heavy atom. The Morgan fingerprint density at radius 2 is 1.53 bits per heavy atom. The summed E-state index contributed by atoms with van der Waals surface area (Å²) in [4.78, 5) is 27.7. The standard InChI is InChI=1S/C28H18N4O3S/c33-26-23(29-28(36)32(26)21-12-5-2-6-13-21)16-19-17-31(20-10-3-1-4-11-20)30-25(19)22-15-18-9-7-8-14-24(18)35-27(22)34/h1-17H,(H,29,36)/b23-16-. The van der Waals surface area contributed by atoms with Crippen LogP contribution in [-0.4, -0.2) is 20.8 Å². The van der Waals surface area contributed by atoms with Gasteiger partial charge in [0, 0.05) is 17.1 Å². The van der Waals surface area contributed by atoms with Gasteiger partial charge in [0.05, 0.1) is 16.9 Å². The predicted octanol–water partition coefficient (Wildman–Crippen LogP) is 4.91. The first-order valence-electron chi connectivity index (χ1n) is 11.2. The van der Waals surface area contributed by atoms with Gasteiger partial charge in [-0.1, -0.05) is 54.6 Å². The molecule has 7 nitrogen and oxygen atoms in total. The van der Waals surface area contributed by atoms with Crippen molar-refractivity contribution >= 4 is 46.0 Å². The molecule has 1 fully saturated rings. The van der Waals surface area contributed by atoms with E-state index >= 15 is 0 Å². The number of benzene rings is 3. The smallest absolute Gasteiger partial charge is 0.345 e. The van der Waals surface area contributed by atoms with E-state index in [1.165, 1.54) is 4.90 Å². The lowest BCUT2D eigenvalue weighted by atomic mass is 10.1. The van der Waals surface area contributed by atoms with Crippen molar-refractivity contribution in [3.8, 4) is 16.9 Å². The van der Waals surface area contributed by atoms with E-state index in [4.69, 9.17) is 21.7 Å². The number of carbonyl (C=O) groups excluding carboxylic acids is 1. The van der Waals surface area contributed by atoms with Gasteiger partial charge in [0.15, 0.2) is 5.11 Å². The normalized spacial score (nSPS) is 14.6. The van der Waals surface area contributed by atoms with E-state index in [0.29, 0.717) is 28.1 Å². The molecule has 3 heterocycles. The fourth-order valence-electron chi connectivity index (χ4n) is 4.14. The zero-order chi connectivity index (χ0) is 24.6. The van der Waals surface area contributed by atoms with Crippen molar-refractivity contribution in [2.75, 3.05) is 4.90 Å². The number of thiocarbonyl (C=S) groups is 1. The van der Waals surface area contributed by atoms with Crippen LogP contribution < -0.4 is 15.8 Å². The van der Waals surface area contributed by atoms with E-state index in [2.05, 4.69) is 5.32 Å². The molecule has 1 aliphatic rings. The third kappa shape index (κ3) is 3.79. The van der Waals surface area contributed by atoms with Gasteiger partial charge in [0.1, 0.15) is 17.0 Å². The molecule has 1 N–H and O–H groups in total. The summed E-state index contributed by atoms with van der Waals surface area (Å²) in [5, 5.41) is 8.76. The number of aromatic nitrogens is 2. The van der Waals surface area contributed by atoms with Gasteiger partial charge in [0.2, 0.25) is 0 Å². The Labute approximate surface area is 210 Å². The Balaban J connectivity index is 1.50. The molecule has 3 aromatic carbocycles. The molecule has 1 aliphatic heterocycles. The van der Waals surface area contributed by atoms with Gasteiger partial charge in [-0.3, -0.25) is 9.69 Å². The van der Waals surface area contributed by atoms with Crippen molar-refractivity contribution in [2.45, 2.75) is 0 Å². The van der Waals surface area contributed by atoms with Crippen molar-refractivity contribution in [3.63, 3.8) is 0 Å². The second-order valence-corrected chi connectivity index (χ2v) is 8.55. The highest BCUT2D eigenvalue weighted by molar-refractivity contribution is 7.80. The van der Waals surface area contributed by atoms with Crippen molar-refractivity contribution in [3.05, 3.63) is 119 Å². The number of carbonyl (C=O) groups is 1. The molecular weight excluding hydrogens is 472 g/mol. The maximum Gasteiger partial charge on any atom is 0.345 e. The maximum atomic E-state index is 13.3. The SMILES string of the molecule is O=C1/C(=C/c2cn(-c3ccccc3)nc2-c2cc3ccccc3oc2=O)NC(=S)N1c1ccccc1. The van der Waals surface area contributed by atoms with E-state index < -0.39 is 5.63 Å². The number of para-hydroxylation sites is 3. The van der Waals surface area contributed by atoms with Gasteiger partial charge < -0.3 is 9.73 Å². The second kappa shape index (κ2) is 8.75. The number of hydrogen-bond donors (Lipinski definition) is 1. The quantitative estimate of drug-likeness (QED) is 0.219. The summed E-state index contributed by atoms with van der Waals surface area (Å²) in [5.74, 6) is -0.296. The lowest BCUT2D eigenvalue weighted by Gasteiger charge is -2.13. The summed E-state index contributed by atoms with van der Waals surface area (Å²) >= 11 is 5.44. The van der Waals surface area contributed by atoms with Crippen molar-refractivity contribution in [1.29, 1.82) is 0 Å². The first kappa shape index (κ1) is 21.7. The predicted molar refractivity (Wildman–Crippen MR) is 143 cm³/mol. The van der Waals surface area contributed by atoms with Gasteiger partial charge >= 0.3 is 5.63 Å². The monoisotopic (exact) mass is 490 g/mol. The van der Waals surface area contributed by atoms with E-state index in [9.17, 15) is 9.59 Å². The summed E-state index contributed by atoms with van der Waals surface area (Å²) in [6, 6.07) is 27.7. The number of fused-ring (bicyclic) bond motifs is 1. The summed E-state index contributed by atoms with van der Waals surface area (Å²) in [7, 11) is 0. The van der Waals surface area contributed by atoms with Gasteiger partial charge in [-0.25, -0.2) is 9.48 Å². The molecule has 0 unspecified atom stereocenters. The molecule has 1 amide bonds. The summed E-state index contributed by atoms with van der Waals surface area (Å²) in [6.07, 6.45) is 3.43. The molecule has 0 saturated carbocycles. The molecule has 0 radical (unpaired) electrons. The number of nitrogens with zero attached hydrogens (tertiary/aromatic N) is 3. The topological polar surface area (TPSA) is 80.4 Å². The first-order chi connectivity index (χ1) is 17.6. The molecule has 0 atom stereocenters. The molecule has 0 aliphatic carbocycles. The van der Waals surface area contributed by atoms with E-state index in [0.717, 1.165) is 11.1 Å². The fraction of sp³-hybridized carbons (Fsp3) is 0. The maximum absolute atomic E-state index is 13.3. The minimum atomic E-state index is -0.515. The van der Waals surface area contributed by atoms with Crippen LogP contribution in [0.3, 0.4) is 0 Å². The minimum Gasteiger partial charge on any atom is -0.422 e. The van der Waals surface area contributed by atoms with Crippen molar-refractivity contribution in [2.24, 2.45) is 0 Å². The number of hydrogen-bond acceptors (Lipinski definition) is 5. The Hall–Kier alpha value is -4.82. The van der Waals surface area contributed by atoms with Crippen LogP contribution in [0, 0.1) is 0 Å². The molecule has 8 heteroatoms. The average molecular weight is 491 g/mol. The van der Waals surface area contributed by atoms with Crippen molar-refractivity contribution < 1.29 is 9.21 Å². The Kier molecular flexibility index (Phi) is 5.28. The Bertz CT molecular complexity index is 1720.